The van der Waals surface area contributed by atoms with Gasteiger partial charge in [0.05, 0.1) is 0 Å². The van der Waals surface area contributed by atoms with E-state index in [9.17, 15) is 0 Å². The Morgan fingerprint density at radius 2 is 2.22 bits per heavy atom. The molecule has 0 spiro atoms. The maximum absolute atomic E-state index is 5.75. The fraction of sp³-hybridized carbons (Fsp3) is 0.500. The molecule has 2 aromatic heterocycles. The molecule has 1 unspecified atom stereocenters. The molecule has 2 aromatic rings. The topological polar surface area (TPSA) is 68.2 Å². The van der Waals surface area contributed by atoms with E-state index in [1.807, 2.05) is 18.3 Å². The summed E-state index contributed by atoms with van der Waals surface area (Å²) in [7, 11) is 0. The molecule has 3 N–H and O–H groups in total. The van der Waals surface area contributed by atoms with Crippen LogP contribution in [0.2, 0.25) is 0 Å². The molecule has 2 heterocycles. The van der Waals surface area contributed by atoms with Gasteiger partial charge in [-0.15, -0.1) is 5.10 Å². The van der Waals surface area contributed by atoms with Crippen molar-refractivity contribution in [3.05, 3.63) is 22.8 Å². The van der Waals surface area contributed by atoms with E-state index in [0.717, 1.165) is 16.5 Å². The molecule has 18 heavy (non-hydrogen) atoms. The fourth-order valence-electron chi connectivity index (χ4n) is 1.88. The summed E-state index contributed by atoms with van der Waals surface area (Å²) < 4.78 is 2.72. The molecule has 0 saturated carbocycles. The SMILES string of the molecule is CC(C)CC(CN)Nc1nc2ccc(Br)cn2n1. The third kappa shape index (κ3) is 3.20. The van der Waals surface area contributed by atoms with Gasteiger partial charge in [-0.2, -0.15) is 4.98 Å². The van der Waals surface area contributed by atoms with Crippen LogP contribution in [0.25, 0.3) is 5.65 Å². The molecule has 2 rings (SSSR count). The van der Waals surface area contributed by atoms with Gasteiger partial charge in [0, 0.05) is 23.3 Å². The van der Waals surface area contributed by atoms with Gasteiger partial charge >= 0.3 is 0 Å². The molecule has 0 aliphatic heterocycles. The van der Waals surface area contributed by atoms with Crippen LogP contribution in [0.4, 0.5) is 5.95 Å². The van der Waals surface area contributed by atoms with Crippen LogP contribution in [0.1, 0.15) is 20.3 Å². The van der Waals surface area contributed by atoms with Gasteiger partial charge < -0.3 is 11.1 Å². The Kier molecular flexibility index (Phi) is 4.19. The number of fused-ring (bicyclic) bond motifs is 1. The van der Waals surface area contributed by atoms with E-state index in [0.29, 0.717) is 18.4 Å². The number of nitrogens with one attached hydrogen (secondary N) is 1. The molecule has 0 saturated heterocycles. The third-order valence-corrected chi connectivity index (χ3v) is 3.14. The molecular weight excluding hydrogens is 294 g/mol. The summed E-state index contributed by atoms with van der Waals surface area (Å²) in [6, 6.07) is 4.08. The first-order valence-corrected chi connectivity index (χ1v) is 6.86. The second-order valence-electron chi connectivity index (χ2n) is 4.79. The fourth-order valence-corrected chi connectivity index (χ4v) is 2.21. The highest BCUT2D eigenvalue weighted by atomic mass is 79.9. The Bertz CT molecular complexity index is 522. The molecule has 0 bridgehead atoms. The minimum Gasteiger partial charge on any atom is -0.349 e. The van der Waals surface area contributed by atoms with E-state index in [1.165, 1.54) is 0 Å². The number of anilines is 1. The number of hydrogen-bond acceptors (Lipinski definition) is 4. The van der Waals surface area contributed by atoms with Crippen LogP contribution >= 0.6 is 15.9 Å². The average molecular weight is 312 g/mol. The average Bonchev–Trinajstić information content (AvgIpc) is 2.68. The van der Waals surface area contributed by atoms with Gasteiger partial charge in [0.2, 0.25) is 5.95 Å². The zero-order valence-corrected chi connectivity index (χ0v) is 12.2. The number of pyridine rings is 1. The van der Waals surface area contributed by atoms with Gasteiger partial charge in [0.15, 0.2) is 5.65 Å². The Hall–Kier alpha value is -1.14. The standard InChI is InChI=1S/C12H18BrN5/c1-8(2)5-10(6-14)15-12-16-11-4-3-9(13)7-18(11)17-12/h3-4,7-8,10H,5-6,14H2,1-2H3,(H,15,17). The molecule has 98 valence electrons. The monoisotopic (exact) mass is 311 g/mol. The minimum atomic E-state index is 0.214. The zero-order chi connectivity index (χ0) is 13.1. The van der Waals surface area contributed by atoms with Crippen molar-refractivity contribution in [2.24, 2.45) is 11.7 Å². The molecule has 1 atom stereocenters. The van der Waals surface area contributed by atoms with Crippen molar-refractivity contribution < 1.29 is 0 Å². The quantitative estimate of drug-likeness (QED) is 0.889. The second kappa shape index (κ2) is 5.67. The second-order valence-corrected chi connectivity index (χ2v) is 5.71. The molecule has 0 aromatic carbocycles. The summed E-state index contributed by atoms with van der Waals surface area (Å²) in [6.45, 7) is 4.94. The van der Waals surface area contributed by atoms with E-state index >= 15 is 0 Å². The molecule has 0 fully saturated rings. The number of nitrogens with zero attached hydrogens (tertiary/aromatic N) is 3. The molecule has 6 heteroatoms. The number of hydrogen-bond donors (Lipinski definition) is 2. The number of nitrogens with two attached hydrogens (primary N) is 1. The lowest BCUT2D eigenvalue weighted by Crippen LogP contribution is -2.30. The lowest BCUT2D eigenvalue weighted by atomic mass is 10.0. The Balaban J connectivity index is 2.15. The number of halogens is 1. The summed E-state index contributed by atoms with van der Waals surface area (Å²) in [5, 5.41) is 7.66. The largest absolute Gasteiger partial charge is 0.349 e. The third-order valence-electron chi connectivity index (χ3n) is 2.67. The zero-order valence-electron chi connectivity index (χ0n) is 10.6. The van der Waals surface area contributed by atoms with E-state index in [-0.39, 0.29) is 6.04 Å². The van der Waals surface area contributed by atoms with Crippen molar-refractivity contribution in [2.45, 2.75) is 26.3 Å². The lowest BCUT2D eigenvalue weighted by molar-refractivity contribution is 0.520. The van der Waals surface area contributed by atoms with Crippen LogP contribution in [-0.4, -0.2) is 27.2 Å². The van der Waals surface area contributed by atoms with Gasteiger partial charge in [-0.3, -0.25) is 0 Å². The van der Waals surface area contributed by atoms with E-state index in [2.05, 4.69) is 45.2 Å². The summed E-state index contributed by atoms with van der Waals surface area (Å²) in [5.74, 6) is 1.22. The van der Waals surface area contributed by atoms with Crippen molar-refractivity contribution in [3.63, 3.8) is 0 Å². The van der Waals surface area contributed by atoms with Crippen molar-refractivity contribution in [1.29, 1.82) is 0 Å². The first-order chi connectivity index (χ1) is 8.58. The van der Waals surface area contributed by atoms with E-state index < -0.39 is 0 Å². The van der Waals surface area contributed by atoms with Crippen LogP contribution in [0.3, 0.4) is 0 Å². The van der Waals surface area contributed by atoms with Crippen LogP contribution in [0, 0.1) is 5.92 Å². The summed E-state index contributed by atoms with van der Waals surface area (Å²) in [6.07, 6.45) is 2.89. The first-order valence-electron chi connectivity index (χ1n) is 6.07. The highest BCUT2D eigenvalue weighted by Crippen LogP contribution is 2.14. The predicted molar refractivity (Wildman–Crippen MR) is 76.6 cm³/mol. The molecule has 0 amide bonds. The molecule has 0 aliphatic carbocycles. The number of aromatic nitrogens is 3. The molecule has 0 radical (unpaired) electrons. The van der Waals surface area contributed by atoms with Crippen molar-refractivity contribution in [3.8, 4) is 0 Å². The van der Waals surface area contributed by atoms with Gasteiger partial charge in [0.25, 0.3) is 0 Å². The van der Waals surface area contributed by atoms with Crippen molar-refractivity contribution >= 4 is 27.5 Å². The van der Waals surface area contributed by atoms with Crippen LogP contribution in [0.5, 0.6) is 0 Å². The molecular formula is C12H18BrN5. The van der Waals surface area contributed by atoms with E-state index in [4.69, 9.17) is 5.73 Å². The van der Waals surface area contributed by atoms with Gasteiger partial charge in [-0.05, 0) is 40.4 Å². The maximum atomic E-state index is 5.75. The Labute approximate surface area is 115 Å². The summed E-state index contributed by atoms with van der Waals surface area (Å²) in [4.78, 5) is 4.41. The van der Waals surface area contributed by atoms with Crippen molar-refractivity contribution in [2.75, 3.05) is 11.9 Å². The number of rotatable bonds is 5. The van der Waals surface area contributed by atoms with E-state index in [1.54, 1.807) is 4.52 Å². The Morgan fingerprint density at radius 3 is 2.89 bits per heavy atom. The van der Waals surface area contributed by atoms with Gasteiger partial charge in [-0.25, -0.2) is 4.52 Å². The van der Waals surface area contributed by atoms with Crippen LogP contribution in [-0.2, 0) is 0 Å². The highest BCUT2D eigenvalue weighted by molar-refractivity contribution is 9.10. The highest BCUT2D eigenvalue weighted by Gasteiger charge is 2.11. The maximum Gasteiger partial charge on any atom is 0.243 e. The predicted octanol–water partition coefficient (Wildman–Crippen LogP) is 2.28. The Morgan fingerprint density at radius 1 is 1.44 bits per heavy atom. The van der Waals surface area contributed by atoms with Crippen LogP contribution < -0.4 is 11.1 Å². The summed E-state index contributed by atoms with van der Waals surface area (Å²) >= 11 is 3.41. The normalized spacial score (nSPS) is 13.2. The minimum absolute atomic E-state index is 0.214. The first kappa shape index (κ1) is 13.3. The van der Waals surface area contributed by atoms with Gasteiger partial charge in [-0.1, -0.05) is 13.8 Å². The summed E-state index contributed by atoms with van der Waals surface area (Å²) in [5.41, 5.74) is 6.58. The molecule has 5 nitrogen and oxygen atoms in total. The van der Waals surface area contributed by atoms with Crippen LogP contribution in [0.15, 0.2) is 22.8 Å². The smallest absolute Gasteiger partial charge is 0.243 e. The van der Waals surface area contributed by atoms with Gasteiger partial charge in [0.1, 0.15) is 0 Å². The lowest BCUT2D eigenvalue weighted by Gasteiger charge is -2.17. The van der Waals surface area contributed by atoms with Crippen molar-refractivity contribution in [1.82, 2.24) is 14.6 Å². The molecule has 0 aliphatic rings.